The number of carbonyl (C=O) groups excluding carboxylic acids is 1. The van der Waals surface area contributed by atoms with Crippen molar-refractivity contribution in [2.75, 3.05) is 13.1 Å². The number of aryl methyl sites for hydroxylation is 1. The van der Waals surface area contributed by atoms with E-state index in [2.05, 4.69) is 20.7 Å². The summed E-state index contributed by atoms with van der Waals surface area (Å²) < 4.78 is 1.84. The molecule has 0 aliphatic rings. The maximum atomic E-state index is 11.4. The molecule has 0 saturated heterocycles. The molecule has 2 rings (SSSR count). The summed E-state index contributed by atoms with van der Waals surface area (Å²) in [7, 11) is 0. The molecule has 112 valence electrons. The minimum atomic E-state index is -0.134. The van der Waals surface area contributed by atoms with Crippen LogP contribution in [0, 0.1) is 13.8 Å². The van der Waals surface area contributed by atoms with Crippen LogP contribution in [0.2, 0.25) is 0 Å². The number of aromatic nitrogens is 3. The molecular formula is C15H21N5O. The van der Waals surface area contributed by atoms with Gasteiger partial charge in [-0.2, -0.15) is 5.10 Å². The van der Waals surface area contributed by atoms with Gasteiger partial charge in [0.25, 0.3) is 0 Å². The first kappa shape index (κ1) is 15.0. The lowest BCUT2D eigenvalue weighted by molar-refractivity contribution is 0.241. The quantitative estimate of drug-likeness (QED) is 0.880. The fourth-order valence-electron chi connectivity index (χ4n) is 2.26. The molecule has 0 bridgehead atoms. The first-order chi connectivity index (χ1) is 10.1. The third-order valence-corrected chi connectivity index (χ3v) is 3.31. The standard InChI is InChI=1S/C15H21N5O/c1-4-16-15(21)18-10-8-13-11(2)19-20(12(13)3)14-7-5-6-9-17-14/h5-7,9H,4,8,10H2,1-3H3,(H2,16,18,21). The monoisotopic (exact) mass is 287 g/mol. The smallest absolute Gasteiger partial charge is 0.314 e. The molecule has 2 amide bonds. The highest BCUT2D eigenvalue weighted by Gasteiger charge is 2.13. The van der Waals surface area contributed by atoms with Crippen LogP contribution in [-0.2, 0) is 6.42 Å². The third-order valence-electron chi connectivity index (χ3n) is 3.31. The maximum absolute atomic E-state index is 11.4. The van der Waals surface area contributed by atoms with E-state index in [4.69, 9.17) is 0 Å². The Kier molecular flexibility index (Phi) is 4.92. The van der Waals surface area contributed by atoms with Crippen molar-refractivity contribution >= 4 is 6.03 Å². The summed E-state index contributed by atoms with van der Waals surface area (Å²) in [6.45, 7) is 7.11. The van der Waals surface area contributed by atoms with Crippen LogP contribution < -0.4 is 10.6 Å². The van der Waals surface area contributed by atoms with Crippen molar-refractivity contribution < 1.29 is 4.79 Å². The van der Waals surface area contributed by atoms with Gasteiger partial charge in [-0.1, -0.05) is 6.07 Å². The van der Waals surface area contributed by atoms with Gasteiger partial charge in [0.1, 0.15) is 0 Å². The maximum Gasteiger partial charge on any atom is 0.314 e. The normalized spacial score (nSPS) is 10.4. The van der Waals surface area contributed by atoms with Crippen LogP contribution >= 0.6 is 0 Å². The van der Waals surface area contributed by atoms with Crippen molar-refractivity contribution in [1.82, 2.24) is 25.4 Å². The second-order valence-corrected chi connectivity index (χ2v) is 4.79. The first-order valence-corrected chi connectivity index (χ1v) is 7.11. The van der Waals surface area contributed by atoms with Gasteiger partial charge in [0, 0.05) is 25.0 Å². The Morgan fingerprint density at radius 1 is 1.29 bits per heavy atom. The van der Waals surface area contributed by atoms with Gasteiger partial charge in [0.05, 0.1) is 5.69 Å². The number of urea groups is 1. The zero-order valence-corrected chi connectivity index (χ0v) is 12.7. The molecule has 0 radical (unpaired) electrons. The number of amides is 2. The number of pyridine rings is 1. The first-order valence-electron chi connectivity index (χ1n) is 7.11. The summed E-state index contributed by atoms with van der Waals surface area (Å²) in [5.74, 6) is 0.807. The van der Waals surface area contributed by atoms with E-state index in [0.717, 1.165) is 29.2 Å². The molecule has 2 N–H and O–H groups in total. The minimum Gasteiger partial charge on any atom is -0.338 e. The van der Waals surface area contributed by atoms with E-state index in [-0.39, 0.29) is 6.03 Å². The Morgan fingerprint density at radius 3 is 2.76 bits per heavy atom. The van der Waals surface area contributed by atoms with Gasteiger partial charge in [0.2, 0.25) is 0 Å². The SMILES string of the molecule is CCNC(=O)NCCc1c(C)nn(-c2ccccn2)c1C. The highest BCUT2D eigenvalue weighted by atomic mass is 16.2. The van der Waals surface area contributed by atoms with E-state index in [0.29, 0.717) is 13.1 Å². The summed E-state index contributed by atoms with van der Waals surface area (Å²) >= 11 is 0. The molecular weight excluding hydrogens is 266 g/mol. The number of nitrogens with one attached hydrogen (secondary N) is 2. The lowest BCUT2D eigenvalue weighted by Crippen LogP contribution is -2.36. The van der Waals surface area contributed by atoms with Crippen molar-refractivity contribution in [2.45, 2.75) is 27.2 Å². The van der Waals surface area contributed by atoms with Gasteiger partial charge in [-0.05, 0) is 44.9 Å². The molecule has 6 heteroatoms. The van der Waals surface area contributed by atoms with Crippen molar-refractivity contribution in [3.63, 3.8) is 0 Å². The second kappa shape index (κ2) is 6.88. The molecule has 0 fully saturated rings. The lowest BCUT2D eigenvalue weighted by Gasteiger charge is -2.06. The molecule has 2 aromatic rings. The predicted molar refractivity (Wildman–Crippen MR) is 81.6 cm³/mol. The molecule has 0 aromatic carbocycles. The van der Waals surface area contributed by atoms with Crippen molar-refractivity contribution in [3.8, 4) is 5.82 Å². The van der Waals surface area contributed by atoms with E-state index in [1.807, 2.05) is 43.7 Å². The van der Waals surface area contributed by atoms with E-state index in [9.17, 15) is 4.79 Å². The molecule has 6 nitrogen and oxygen atoms in total. The average Bonchev–Trinajstić information content (AvgIpc) is 2.76. The summed E-state index contributed by atoms with van der Waals surface area (Å²) in [6, 6.07) is 5.61. The molecule has 0 unspecified atom stereocenters. The number of hydrogen-bond acceptors (Lipinski definition) is 3. The highest BCUT2D eigenvalue weighted by molar-refractivity contribution is 5.73. The lowest BCUT2D eigenvalue weighted by atomic mass is 10.1. The van der Waals surface area contributed by atoms with Gasteiger partial charge in [-0.15, -0.1) is 0 Å². The van der Waals surface area contributed by atoms with Gasteiger partial charge in [-0.25, -0.2) is 14.5 Å². The molecule has 0 saturated carbocycles. The highest BCUT2D eigenvalue weighted by Crippen LogP contribution is 2.16. The van der Waals surface area contributed by atoms with Crippen molar-refractivity contribution in [3.05, 3.63) is 41.3 Å². The molecule has 0 spiro atoms. The van der Waals surface area contributed by atoms with Crippen LogP contribution in [0.1, 0.15) is 23.9 Å². The average molecular weight is 287 g/mol. The number of nitrogens with zero attached hydrogens (tertiary/aromatic N) is 3. The fraction of sp³-hybridized carbons (Fsp3) is 0.400. The van der Waals surface area contributed by atoms with Gasteiger partial charge in [-0.3, -0.25) is 0 Å². The number of carbonyl (C=O) groups is 1. The van der Waals surface area contributed by atoms with Crippen LogP contribution in [-0.4, -0.2) is 33.9 Å². The molecule has 0 aliphatic heterocycles. The van der Waals surface area contributed by atoms with E-state index >= 15 is 0 Å². The topological polar surface area (TPSA) is 71.8 Å². The summed E-state index contributed by atoms with van der Waals surface area (Å²) in [5.41, 5.74) is 3.18. The van der Waals surface area contributed by atoms with Crippen molar-refractivity contribution in [1.29, 1.82) is 0 Å². The van der Waals surface area contributed by atoms with E-state index in [1.54, 1.807) is 6.20 Å². The second-order valence-electron chi connectivity index (χ2n) is 4.79. The Labute approximate surface area is 124 Å². The third kappa shape index (κ3) is 3.59. The Morgan fingerprint density at radius 2 is 2.10 bits per heavy atom. The minimum absolute atomic E-state index is 0.134. The molecule has 2 heterocycles. The van der Waals surface area contributed by atoms with E-state index in [1.165, 1.54) is 0 Å². The molecule has 0 atom stereocenters. The zero-order chi connectivity index (χ0) is 15.2. The summed E-state index contributed by atoms with van der Waals surface area (Å²) in [6.07, 6.45) is 2.50. The van der Waals surface area contributed by atoms with Gasteiger partial charge >= 0.3 is 6.03 Å². The fourth-order valence-corrected chi connectivity index (χ4v) is 2.26. The summed E-state index contributed by atoms with van der Waals surface area (Å²) in [5, 5.41) is 10.1. The van der Waals surface area contributed by atoms with Gasteiger partial charge in [0.15, 0.2) is 5.82 Å². The molecule has 2 aromatic heterocycles. The Balaban J connectivity index is 2.08. The molecule has 0 aliphatic carbocycles. The van der Waals surface area contributed by atoms with Gasteiger partial charge < -0.3 is 10.6 Å². The van der Waals surface area contributed by atoms with Crippen molar-refractivity contribution in [2.24, 2.45) is 0 Å². The Hall–Kier alpha value is -2.37. The van der Waals surface area contributed by atoms with E-state index < -0.39 is 0 Å². The predicted octanol–water partition coefficient (Wildman–Crippen LogP) is 1.75. The summed E-state index contributed by atoms with van der Waals surface area (Å²) in [4.78, 5) is 15.7. The van der Waals surface area contributed by atoms with Crippen LogP contribution in [0.5, 0.6) is 0 Å². The van der Waals surface area contributed by atoms with Crippen LogP contribution in [0.3, 0.4) is 0 Å². The van der Waals surface area contributed by atoms with Crippen LogP contribution in [0.4, 0.5) is 4.79 Å². The van der Waals surface area contributed by atoms with Crippen LogP contribution in [0.15, 0.2) is 24.4 Å². The zero-order valence-electron chi connectivity index (χ0n) is 12.7. The largest absolute Gasteiger partial charge is 0.338 e. The van der Waals surface area contributed by atoms with Crippen LogP contribution in [0.25, 0.3) is 5.82 Å². The Bertz CT molecular complexity index is 606. The number of hydrogen-bond donors (Lipinski definition) is 2. The molecule has 21 heavy (non-hydrogen) atoms. The number of rotatable bonds is 5.